The van der Waals surface area contributed by atoms with Crippen LogP contribution in [0.15, 0.2) is 11.3 Å². The molecule has 9 heavy (non-hydrogen) atoms. The van der Waals surface area contributed by atoms with Crippen LogP contribution in [0.2, 0.25) is 0 Å². The smallest absolute Gasteiger partial charge is 0.103 e. The van der Waals surface area contributed by atoms with Crippen molar-refractivity contribution in [2.45, 2.75) is 0 Å². The van der Waals surface area contributed by atoms with E-state index in [9.17, 15) is 0 Å². The molecule has 0 heterocycles. The minimum Gasteiger partial charge on any atom is -0.400 e. The molecule has 4 nitrogen and oxygen atoms in total. The largest absolute Gasteiger partial charge is 0.400 e. The van der Waals surface area contributed by atoms with Crippen molar-refractivity contribution in [1.29, 1.82) is 10.7 Å². The molecule has 48 valence electrons. The number of allylic oxidation sites excluding steroid dienone is 1. The molecule has 0 radical (unpaired) electrons. The van der Waals surface area contributed by atoms with E-state index < -0.39 is 0 Å². The second-order valence-electron chi connectivity index (χ2n) is 1.40. The molecular weight excluding hydrogens is 116 g/mol. The minimum atomic E-state index is 0.123. The van der Waals surface area contributed by atoms with Crippen LogP contribution in [0.25, 0.3) is 0 Å². The molecule has 0 rings (SSSR count). The molecular formula is C5H8N4. The van der Waals surface area contributed by atoms with Gasteiger partial charge in [0.1, 0.15) is 6.07 Å². The lowest BCUT2D eigenvalue weighted by Gasteiger charge is -1.93. The predicted molar refractivity (Wildman–Crippen MR) is 34.7 cm³/mol. The van der Waals surface area contributed by atoms with Gasteiger partial charge in [0.05, 0.1) is 5.57 Å². The summed E-state index contributed by atoms with van der Waals surface area (Å²) in [7, 11) is 0. The van der Waals surface area contributed by atoms with Gasteiger partial charge in [-0.25, -0.2) is 0 Å². The number of hydrogen-bond acceptors (Lipinski definition) is 4. The van der Waals surface area contributed by atoms with E-state index in [1.165, 1.54) is 0 Å². The van der Waals surface area contributed by atoms with Crippen molar-refractivity contribution in [1.82, 2.24) is 0 Å². The van der Waals surface area contributed by atoms with Gasteiger partial charge in [-0.05, 0) is 0 Å². The van der Waals surface area contributed by atoms with Gasteiger partial charge in [-0.1, -0.05) is 0 Å². The van der Waals surface area contributed by atoms with Crippen molar-refractivity contribution in [2.24, 2.45) is 11.5 Å². The van der Waals surface area contributed by atoms with Crippen molar-refractivity contribution < 1.29 is 0 Å². The van der Waals surface area contributed by atoms with Crippen molar-refractivity contribution >= 4 is 6.21 Å². The van der Waals surface area contributed by atoms with Gasteiger partial charge in [0, 0.05) is 18.5 Å². The first kappa shape index (κ1) is 7.66. The quantitative estimate of drug-likeness (QED) is 0.336. The highest BCUT2D eigenvalue weighted by Crippen LogP contribution is 1.89. The summed E-state index contributed by atoms with van der Waals surface area (Å²) in [6.07, 6.45) is 0.891. The molecule has 0 aliphatic heterocycles. The van der Waals surface area contributed by atoms with Crippen molar-refractivity contribution in [3.63, 3.8) is 0 Å². The summed E-state index contributed by atoms with van der Waals surface area (Å²) >= 11 is 0. The molecule has 0 aromatic rings. The van der Waals surface area contributed by atoms with E-state index in [-0.39, 0.29) is 17.8 Å². The Kier molecular flexibility index (Phi) is 3.09. The highest BCUT2D eigenvalue weighted by molar-refractivity contribution is 5.82. The summed E-state index contributed by atoms with van der Waals surface area (Å²) in [6.45, 7) is 0.123. The molecule has 0 unspecified atom stereocenters. The summed E-state index contributed by atoms with van der Waals surface area (Å²) in [5.41, 5.74) is 10.7. The van der Waals surface area contributed by atoms with Crippen LogP contribution in [0.4, 0.5) is 0 Å². The van der Waals surface area contributed by atoms with Crippen LogP contribution in [-0.2, 0) is 0 Å². The maximum absolute atomic E-state index is 8.23. The van der Waals surface area contributed by atoms with Crippen molar-refractivity contribution in [3.8, 4) is 6.07 Å². The van der Waals surface area contributed by atoms with E-state index in [0.717, 1.165) is 6.21 Å². The van der Waals surface area contributed by atoms with Crippen molar-refractivity contribution in [3.05, 3.63) is 11.3 Å². The third-order valence-corrected chi connectivity index (χ3v) is 0.831. The Labute approximate surface area is 53.3 Å². The van der Waals surface area contributed by atoms with E-state index >= 15 is 0 Å². The first-order valence-corrected chi connectivity index (χ1v) is 2.35. The van der Waals surface area contributed by atoms with Crippen LogP contribution < -0.4 is 11.5 Å². The van der Waals surface area contributed by atoms with E-state index in [1.54, 1.807) is 6.07 Å². The van der Waals surface area contributed by atoms with Crippen LogP contribution >= 0.6 is 0 Å². The lowest BCUT2D eigenvalue weighted by molar-refractivity contribution is 1.10. The van der Waals surface area contributed by atoms with Gasteiger partial charge in [0.15, 0.2) is 0 Å². The molecule has 0 aliphatic rings. The highest BCUT2D eigenvalue weighted by Gasteiger charge is 1.94. The fourth-order valence-electron chi connectivity index (χ4n) is 0.307. The third-order valence-electron chi connectivity index (χ3n) is 0.831. The molecule has 4 heteroatoms. The number of nitrogens with one attached hydrogen (secondary N) is 1. The Morgan fingerprint density at radius 3 is 2.44 bits per heavy atom. The molecule has 0 atom stereocenters. The standard InChI is InChI=1S/C5H8N4/c6-1-4(2-7)5(9)3-8/h1,6H,3,8-9H2. The molecule has 0 aromatic heterocycles. The Bertz CT molecular complexity index is 174. The minimum absolute atomic E-state index is 0.123. The summed E-state index contributed by atoms with van der Waals surface area (Å²) in [6, 6.07) is 1.73. The van der Waals surface area contributed by atoms with E-state index in [2.05, 4.69) is 0 Å². The monoisotopic (exact) mass is 124 g/mol. The first-order valence-electron chi connectivity index (χ1n) is 2.35. The van der Waals surface area contributed by atoms with Gasteiger partial charge in [-0.15, -0.1) is 0 Å². The number of nitrogens with two attached hydrogens (primary N) is 2. The van der Waals surface area contributed by atoms with Crippen molar-refractivity contribution in [2.75, 3.05) is 6.54 Å². The lowest BCUT2D eigenvalue weighted by atomic mass is 10.2. The van der Waals surface area contributed by atoms with Gasteiger partial charge in [-0.2, -0.15) is 5.26 Å². The molecule has 0 aromatic carbocycles. The second-order valence-corrected chi connectivity index (χ2v) is 1.40. The summed E-state index contributed by atoms with van der Waals surface area (Å²) < 4.78 is 0. The Balaban J connectivity index is 4.43. The maximum atomic E-state index is 8.23. The van der Waals surface area contributed by atoms with Gasteiger partial charge in [0.2, 0.25) is 0 Å². The topological polar surface area (TPSA) is 99.7 Å². The molecule has 0 aliphatic carbocycles. The summed E-state index contributed by atoms with van der Waals surface area (Å²) in [5.74, 6) is 0. The molecule has 0 spiro atoms. The van der Waals surface area contributed by atoms with E-state index in [4.69, 9.17) is 22.1 Å². The Morgan fingerprint density at radius 1 is 1.78 bits per heavy atom. The zero-order chi connectivity index (χ0) is 7.28. The third kappa shape index (κ3) is 1.93. The van der Waals surface area contributed by atoms with Crippen LogP contribution in [0.3, 0.4) is 0 Å². The Hall–Kier alpha value is -1.34. The number of nitriles is 1. The lowest BCUT2D eigenvalue weighted by Crippen LogP contribution is -2.13. The average Bonchev–Trinajstić information content (AvgIpc) is 1.90. The fraction of sp³-hybridized carbons (Fsp3) is 0.200. The number of nitrogens with zero attached hydrogens (tertiary/aromatic N) is 1. The summed E-state index contributed by atoms with van der Waals surface area (Å²) in [4.78, 5) is 0. The Morgan fingerprint density at radius 2 is 2.33 bits per heavy atom. The summed E-state index contributed by atoms with van der Waals surface area (Å²) in [5, 5.41) is 14.9. The van der Waals surface area contributed by atoms with Crippen LogP contribution in [0.5, 0.6) is 0 Å². The predicted octanol–water partition coefficient (Wildman–Crippen LogP) is -0.669. The number of hydrogen-bond donors (Lipinski definition) is 3. The van der Waals surface area contributed by atoms with Gasteiger partial charge in [0.25, 0.3) is 0 Å². The molecule has 5 N–H and O–H groups in total. The van der Waals surface area contributed by atoms with E-state index in [1.807, 2.05) is 0 Å². The number of rotatable bonds is 2. The van der Waals surface area contributed by atoms with Crippen LogP contribution in [0, 0.1) is 16.7 Å². The normalized spacial score (nSPS) is 11.6. The molecule has 0 saturated carbocycles. The van der Waals surface area contributed by atoms with Crippen LogP contribution in [-0.4, -0.2) is 12.8 Å². The first-order chi connectivity index (χ1) is 4.26. The van der Waals surface area contributed by atoms with Crippen LogP contribution in [0.1, 0.15) is 0 Å². The molecule has 0 amide bonds. The average molecular weight is 124 g/mol. The van der Waals surface area contributed by atoms with E-state index in [0.29, 0.717) is 0 Å². The SMILES string of the molecule is N#CC(C=N)=C(N)CN. The maximum Gasteiger partial charge on any atom is 0.103 e. The highest BCUT2D eigenvalue weighted by atomic mass is 14.7. The molecule has 0 saturated heterocycles. The zero-order valence-corrected chi connectivity index (χ0v) is 4.89. The zero-order valence-electron chi connectivity index (χ0n) is 4.89. The second kappa shape index (κ2) is 3.64. The fourth-order valence-corrected chi connectivity index (χ4v) is 0.307. The van der Waals surface area contributed by atoms with Gasteiger partial charge in [-0.3, -0.25) is 0 Å². The van der Waals surface area contributed by atoms with Gasteiger partial charge >= 0.3 is 0 Å². The van der Waals surface area contributed by atoms with Gasteiger partial charge < -0.3 is 16.9 Å². The molecule has 0 bridgehead atoms. The molecule has 0 fully saturated rings.